The lowest BCUT2D eigenvalue weighted by Crippen LogP contribution is -2.27. The SMILES string of the molecule is C[C@@H]1[C@@H](C)CCC[C@H]1N=Cc1cc([N+](=O)[O-])ccc1O. The first-order valence-corrected chi connectivity index (χ1v) is 6.99. The van der Waals surface area contributed by atoms with Crippen molar-refractivity contribution >= 4 is 11.9 Å². The number of aromatic hydroxyl groups is 1. The van der Waals surface area contributed by atoms with Crippen LogP contribution < -0.4 is 0 Å². The normalized spacial score (nSPS) is 26.8. The van der Waals surface area contributed by atoms with Crippen LogP contribution in [0.2, 0.25) is 0 Å². The van der Waals surface area contributed by atoms with Gasteiger partial charge in [-0.25, -0.2) is 0 Å². The zero-order valence-corrected chi connectivity index (χ0v) is 11.8. The van der Waals surface area contributed by atoms with Crippen LogP contribution in [-0.4, -0.2) is 22.3 Å². The molecule has 1 aromatic rings. The highest BCUT2D eigenvalue weighted by Crippen LogP contribution is 2.31. The van der Waals surface area contributed by atoms with Crippen LogP contribution in [0.15, 0.2) is 23.2 Å². The summed E-state index contributed by atoms with van der Waals surface area (Å²) in [5, 5.41) is 20.5. The minimum atomic E-state index is -0.470. The van der Waals surface area contributed by atoms with Gasteiger partial charge in [-0.3, -0.25) is 15.1 Å². The fraction of sp³-hybridized carbons (Fsp3) is 0.533. The topological polar surface area (TPSA) is 75.7 Å². The molecule has 0 bridgehead atoms. The molecule has 2 rings (SSSR count). The van der Waals surface area contributed by atoms with Crippen LogP contribution in [-0.2, 0) is 0 Å². The van der Waals surface area contributed by atoms with E-state index in [9.17, 15) is 15.2 Å². The average Bonchev–Trinajstić information content (AvgIpc) is 2.41. The predicted octanol–water partition coefficient (Wildman–Crippen LogP) is 3.54. The molecule has 5 nitrogen and oxygen atoms in total. The van der Waals surface area contributed by atoms with Crippen molar-refractivity contribution in [3.05, 3.63) is 33.9 Å². The van der Waals surface area contributed by atoms with E-state index in [4.69, 9.17) is 0 Å². The molecule has 1 fully saturated rings. The summed E-state index contributed by atoms with van der Waals surface area (Å²) in [6, 6.07) is 4.22. The molecule has 0 radical (unpaired) electrons. The summed E-state index contributed by atoms with van der Waals surface area (Å²) in [7, 11) is 0. The molecular weight excluding hydrogens is 256 g/mol. The van der Waals surface area contributed by atoms with Gasteiger partial charge in [-0.05, 0) is 24.3 Å². The Morgan fingerprint density at radius 1 is 1.40 bits per heavy atom. The lowest BCUT2D eigenvalue weighted by Gasteiger charge is -2.31. The standard InChI is InChI=1S/C15H20N2O3/c1-10-4-3-5-14(11(10)2)16-9-12-8-13(17(19)20)6-7-15(12)18/h6-11,14,18H,3-5H2,1-2H3/t10-,11+,14+/m0/s1. The van der Waals surface area contributed by atoms with Crippen molar-refractivity contribution in [3.8, 4) is 5.75 Å². The number of nitro benzene ring substituents is 1. The summed E-state index contributed by atoms with van der Waals surface area (Å²) in [5.41, 5.74) is 0.374. The zero-order valence-electron chi connectivity index (χ0n) is 11.8. The van der Waals surface area contributed by atoms with E-state index in [0.29, 0.717) is 17.4 Å². The number of nitro groups is 1. The van der Waals surface area contributed by atoms with Crippen molar-refractivity contribution in [2.75, 3.05) is 0 Å². The summed E-state index contributed by atoms with van der Waals surface area (Å²) in [6.07, 6.45) is 5.00. The van der Waals surface area contributed by atoms with E-state index in [-0.39, 0.29) is 17.5 Å². The lowest BCUT2D eigenvalue weighted by molar-refractivity contribution is -0.384. The molecule has 1 aliphatic carbocycles. The molecule has 0 saturated heterocycles. The van der Waals surface area contributed by atoms with Crippen LogP contribution in [0.4, 0.5) is 5.69 Å². The van der Waals surface area contributed by atoms with Crippen molar-refractivity contribution < 1.29 is 10.0 Å². The van der Waals surface area contributed by atoms with Crippen LogP contribution in [0.5, 0.6) is 5.75 Å². The number of aliphatic imine (C=N–C) groups is 1. The molecule has 1 saturated carbocycles. The maximum absolute atomic E-state index is 10.7. The largest absolute Gasteiger partial charge is 0.507 e. The monoisotopic (exact) mass is 276 g/mol. The summed E-state index contributed by atoms with van der Waals surface area (Å²) in [5.74, 6) is 1.17. The number of non-ortho nitro benzene ring substituents is 1. The van der Waals surface area contributed by atoms with Gasteiger partial charge >= 0.3 is 0 Å². The van der Waals surface area contributed by atoms with Crippen LogP contribution in [0.25, 0.3) is 0 Å². The van der Waals surface area contributed by atoms with Gasteiger partial charge in [0, 0.05) is 23.9 Å². The van der Waals surface area contributed by atoms with Crippen molar-refractivity contribution in [1.82, 2.24) is 0 Å². The van der Waals surface area contributed by atoms with Crippen LogP contribution in [0.1, 0.15) is 38.7 Å². The summed E-state index contributed by atoms with van der Waals surface area (Å²) in [6.45, 7) is 4.43. The van der Waals surface area contributed by atoms with Gasteiger partial charge in [-0.15, -0.1) is 0 Å². The van der Waals surface area contributed by atoms with Gasteiger partial charge < -0.3 is 5.11 Å². The van der Waals surface area contributed by atoms with E-state index in [0.717, 1.165) is 12.8 Å². The third-order valence-corrected chi connectivity index (χ3v) is 4.29. The van der Waals surface area contributed by atoms with Gasteiger partial charge in [-0.1, -0.05) is 26.7 Å². The average molecular weight is 276 g/mol. The molecular formula is C15H20N2O3. The van der Waals surface area contributed by atoms with Crippen LogP contribution in [0.3, 0.4) is 0 Å². The first-order chi connectivity index (χ1) is 9.49. The Morgan fingerprint density at radius 3 is 2.85 bits per heavy atom. The number of benzene rings is 1. The van der Waals surface area contributed by atoms with Crippen LogP contribution >= 0.6 is 0 Å². The number of phenols is 1. The quantitative estimate of drug-likeness (QED) is 0.521. The van der Waals surface area contributed by atoms with E-state index >= 15 is 0 Å². The first kappa shape index (κ1) is 14.5. The predicted molar refractivity (Wildman–Crippen MR) is 78.3 cm³/mol. The summed E-state index contributed by atoms with van der Waals surface area (Å²) in [4.78, 5) is 14.8. The number of nitrogens with zero attached hydrogens (tertiary/aromatic N) is 2. The lowest BCUT2D eigenvalue weighted by atomic mass is 9.78. The Bertz CT molecular complexity index is 528. The Balaban J connectivity index is 2.18. The molecule has 3 atom stereocenters. The minimum absolute atomic E-state index is 0.0239. The molecule has 0 spiro atoms. The summed E-state index contributed by atoms with van der Waals surface area (Å²) < 4.78 is 0. The molecule has 108 valence electrons. The fourth-order valence-electron chi connectivity index (χ4n) is 2.70. The molecule has 1 aliphatic rings. The maximum Gasteiger partial charge on any atom is 0.270 e. The smallest absolute Gasteiger partial charge is 0.270 e. The minimum Gasteiger partial charge on any atom is -0.507 e. The third-order valence-electron chi connectivity index (χ3n) is 4.29. The molecule has 0 aromatic heterocycles. The van der Waals surface area contributed by atoms with E-state index in [1.165, 1.54) is 24.6 Å². The van der Waals surface area contributed by atoms with E-state index in [2.05, 4.69) is 18.8 Å². The van der Waals surface area contributed by atoms with E-state index < -0.39 is 4.92 Å². The number of hydrogen-bond donors (Lipinski definition) is 1. The Hall–Kier alpha value is -1.91. The Morgan fingerprint density at radius 2 is 2.15 bits per heavy atom. The highest BCUT2D eigenvalue weighted by molar-refractivity contribution is 5.84. The van der Waals surface area contributed by atoms with E-state index in [1.807, 2.05) is 0 Å². The highest BCUT2D eigenvalue weighted by Gasteiger charge is 2.26. The van der Waals surface area contributed by atoms with Gasteiger partial charge in [0.2, 0.25) is 0 Å². The van der Waals surface area contributed by atoms with Gasteiger partial charge in [0.25, 0.3) is 5.69 Å². The highest BCUT2D eigenvalue weighted by atomic mass is 16.6. The van der Waals surface area contributed by atoms with Gasteiger partial charge in [-0.2, -0.15) is 0 Å². The second-order valence-electron chi connectivity index (χ2n) is 5.61. The maximum atomic E-state index is 10.7. The van der Waals surface area contributed by atoms with Crippen molar-refractivity contribution in [1.29, 1.82) is 0 Å². The molecule has 0 amide bonds. The molecule has 0 heterocycles. The van der Waals surface area contributed by atoms with Crippen molar-refractivity contribution in [2.24, 2.45) is 16.8 Å². The fourth-order valence-corrected chi connectivity index (χ4v) is 2.70. The second kappa shape index (κ2) is 6.03. The number of rotatable bonds is 3. The third kappa shape index (κ3) is 3.15. The van der Waals surface area contributed by atoms with Crippen LogP contribution in [0, 0.1) is 22.0 Å². The Kier molecular flexibility index (Phi) is 4.37. The molecule has 20 heavy (non-hydrogen) atoms. The van der Waals surface area contributed by atoms with Gasteiger partial charge in [0.1, 0.15) is 5.75 Å². The molecule has 1 N–H and O–H groups in total. The number of phenolic OH excluding ortho intramolecular Hbond substituents is 1. The Labute approximate surface area is 118 Å². The zero-order chi connectivity index (χ0) is 14.7. The van der Waals surface area contributed by atoms with Gasteiger partial charge in [0.05, 0.1) is 11.0 Å². The summed E-state index contributed by atoms with van der Waals surface area (Å²) >= 11 is 0. The first-order valence-electron chi connectivity index (χ1n) is 6.99. The molecule has 0 aliphatic heterocycles. The van der Waals surface area contributed by atoms with E-state index in [1.54, 1.807) is 6.21 Å². The second-order valence-corrected chi connectivity index (χ2v) is 5.61. The van der Waals surface area contributed by atoms with Crippen molar-refractivity contribution in [3.63, 3.8) is 0 Å². The number of hydrogen-bond acceptors (Lipinski definition) is 4. The molecule has 0 unspecified atom stereocenters. The molecule has 1 aromatic carbocycles. The van der Waals surface area contributed by atoms with Crippen molar-refractivity contribution in [2.45, 2.75) is 39.2 Å². The van der Waals surface area contributed by atoms with Gasteiger partial charge in [0.15, 0.2) is 0 Å². The molecule has 5 heteroatoms.